The first-order valence-electron chi connectivity index (χ1n) is 4.83. The van der Waals surface area contributed by atoms with Gasteiger partial charge in [-0.1, -0.05) is 38.9 Å². The number of hydrogen-bond acceptors (Lipinski definition) is 1. The van der Waals surface area contributed by atoms with Crippen LogP contribution in [-0.4, -0.2) is 19.3 Å². The van der Waals surface area contributed by atoms with Gasteiger partial charge in [-0.05, 0) is 18.6 Å². The van der Waals surface area contributed by atoms with Crippen molar-refractivity contribution in [3.8, 4) is 11.5 Å². The Hall–Kier alpha value is -0.523. The van der Waals surface area contributed by atoms with E-state index in [1.165, 1.54) is 0 Å². The summed E-state index contributed by atoms with van der Waals surface area (Å²) in [4.78, 5) is 0. The maximum absolute atomic E-state index is 9.34. The molecule has 2 heteroatoms. The number of allylic oxidation sites excluding steroid dienone is 1. The highest BCUT2D eigenvalue weighted by atomic mass is 28.3. The van der Waals surface area contributed by atoms with Gasteiger partial charge in [0.05, 0.1) is 6.10 Å². The molecule has 0 bridgehead atoms. The molecule has 0 amide bonds. The fourth-order valence-corrected chi connectivity index (χ4v) is 1.33. The molecule has 0 aromatic carbocycles. The molecule has 1 atom stereocenters. The molecule has 1 unspecified atom stereocenters. The van der Waals surface area contributed by atoms with Crippen LogP contribution in [0.2, 0.25) is 19.6 Å². The Balaban J connectivity index is 3.91. The second-order valence-corrected chi connectivity index (χ2v) is 8.98. The first kappa shape index (κ1) is 12.5. The van der Waals surface area contributed by atoms with Gasteiger partial charge in [0.15, 0.2) is 0 Å². The quantitative estimate of drug-likeness (QED) is 0.543. The zero-order valence-electron chi connectivity index (χ0n) is 9.09. The molecule has 13 heavy (non-hydrogen) atoms. The van der Waals surface area contributed by atoms with E-state index in [1.807, 2.05) is 0 Å². The number of hydrogen-bond donors (Lipinski definition) is 1. The van der Waals surface area contributed by atoms with Crippen molar-refractivity contribution in [2.75, 3.05) is 0 Å². The Bertz CT molecular complexity index is 214. The zero-order valence-corrected chi connectivity index (χ0v) is 10.1. The van der Waals surface area contributed by atoms with E-state index in [2.05, 4.69) is 38.0 Å². The van der Waals surface area contributed by atoms with Crippen LogP contribution >= 0.6 is 0 Å². The molecule has 0 spiro atoms. The fourth-order valence-electron chi connectivity index (χ4n) is 0.809. The van der Waals surface area contributed by atoms with Gasteiger partial charge in [0.1, 0.15) is 8.07 Å². The molecule has 0 aliphatic heterocycles. The van der Waals surface area contributed by atoms with Crippen LogP contribution in [0.4, 0.5) is 0 Å². The van der Waals surface area contributed by atoms with Crippen LogP contribution in [0, 0.1) is 11.5 Å². The van der Waals surface area contributed by atoms with Gasteiger partial charge in [-0.25, -0.2) is 0 Å². The van der Waals surface area contributed by atoms with Gasteiger partial charge >= 0.3 is 0 Å². The maximum atomic E-state index is 9.34. The fraction of sp³-hybridized carbons (Fsp3) is 0.636. The first-order valence-corrected chi connectivity index (χ1v) is 8.33. The lowest BCUT2D eigenvalue weighted by Gasteiger charge is -2.02. The van der Waals surface area contributed by atoms with E-state index in [-0.39, 0.29) is 6.10 Å². The Morgan fingerprint density at radius 1 is 1.38 bits per heavy atom. The SMILES string of the molecule is CCCC(O)/C=C\C#C[Si](C)(C)C. The van der Waals surface area contributed by atoms with Crippen molar-refractivity contribution >= 4 is 8.07 Å². The van der Waals surface area contributed by atoms with Crippen molar-refractivity contribution in [1.82, 2.24) is 0 Å². The van der Waals surface area contributed by atoms with Gasteiger partial charge in [-0.2, -0.15) is 0 Å². The third-order valence-corrected chi connectivity index (χ3v) is 2.33. The molecular formula is C11H20OSi. The molecule has 0 aromatic rings. The van der Waals surface area contributed by atoms with Crippen LogP contribution in [-0.2, 0) is 0 Å². The molecule has 0 radical (unpaired) electrons. The first-order chi connectivity index (χ1) is 5.95. The Morgan fingerprint density at radius 2 is 2.00 bits per heavy atom. The lowest BCUT2D eigenvalue weighted by molar-refractivity contribution is 0.211. The van der Waals surface area contributed by atoms with Gasteiger partial charge in [-0.3, -0.25) is 0 Å². The summed E-state index contributed by atoms with van der Waals surface area (Å²) >= 11 is 0. The van der Waals surface area contributed by atoms with Crippen molar-refractivity contribution < 1.29 is 5.11 Å². The molecule has 1 nitrogen and oxygen atoms in total. The van der Waals surface area contributed by atoms with Crippen LogP contribution in [0.5, 0.6) is 0 Å². The van der Waals surface area contributed by atoms with Crippen molar-refractivity contribution in [1.29, 1.82) is 0 Å². The molecule has 0 aromatic heterocycles. The van der Waals surface area contributed by atoms with Crippen LogP contribution in [0.15, 0.2) is 12.2 Å². The van der Waals surface area contributed by atoms with Gasteiger partial charge in [0, 0.05) is 0 Å². The molecule has 74 valence electrons. The predicted octanol–water partition coefficient (Wildman–Crippen LogP) is 2.58. The van der Waals surface area contributed by atoms with E-state index in [0.717, 1.165) is 12.8 Å². The smallest absolute Gasteiger partial charge is 0.129 e. The van der Waals surface area contributed by atoms with E-state index in [0.29, 0.717) is 0 Å². The predicted molar refractivity (Wildman–Crippen MR) is 61.2 cm³/mol. The molecule has 1 N–H and O–H groups in total. The Morgan fingerprint density at radius 3 is 2.46 bits per heavy atom. The molecule has 0 aliphatic carbocycles. The standard InChI is InChI=1S/C11H20OSi/c1-5-8-11(12)9-6-7-10-13(2,3)4/h6,9,11-12H,5,8H2,1-4H3/b9-6-. The highest BCUT2D eigenvalue weighted by molar-refractivity contribution is 6.83. The lowest BCUT2D eigenvalue weighted by Crippen LogP contribution is -2.16. The van der Waals surface area contributed by atoms with Crippen LogP contribution in [0.1, 0.15) is 19.8 Å². The van der Waals surface area contributed by atoms with Crippen LogP contribution in [0.3, 0.4) is 0 Å². The number of rotatable bonds is 3. The number of aliphatic hydroxyl groups excluding tert-OH is 1. The van der Waals surface area contributed by atoms with Gasteiger partial charge in [-0.15, -0.1) is 5.54 Å². The minimum atomic E-state index is -1.24. The third kappa shape index (κ3) is 9.39. The van der Waals surface area contributed by atoms with Crippen molar-refractivity contribution in [3.63, 3.8) is 0 Å². The largest absolute Gasteiger partial charge is 0.389 e. The third-order valence-electron chi connectivity index (χ3n) is 1.43. The normalized spacial score (nSPS) is 13.9. The average Bonchev–Trinajstić information content (AvgIpc) is 1.97. The van der Waals surface area contributed by atoms with Gasteiger partial charge < -0.3 is 5.11 Å². The highest BCUT2D eigenvalue weighted by Gasteiger charge is 2.06. The van der Waals surface area contributed by atoms with E-state index < -0.39 is 8.07 Å². The molecular weight excluding hydrogens is 176 g/mol. The van der Waals surface area contributed by atoms with Crippen molar-refractivity contribution in [2.24, 2.45) is 0 Å². The second-order valence-electron chi connectivity index (χ2n) is 4.23. The minimum Gasteiger partial charge on any atom is -0.389 e. The van der Waals surface area contributed by atoms with Crippen LogP contribution in [0.25, 0.3) is 0 Å². The Kier molecular flexibility index (Phi) is 5.77. The van der Waals surface area contributed by atoms with Crippen molar-refractivity contribution in [2.45, 2.75) is 45.5 Å². The molecule has 0 aliphatic rings. The van der Waals surface area contributed by atoms with Gasteiger partial charge in [0.25, 0.3) is 0 Å². The van der Waals surface area contributed by atoms with E-state index in [9.17, 15) is 5.11 Å². The second kappa shape index (κ2) is 6.01. The molecule has 0 heterocycles. The summed E-state index contributed by atoms with van der Waals surface area (Å²) < 4.78 is 0. The molecule has 0 saturated heterocycles. The van der Waals surface area contributed by atoms with Crippen LogP contribution < -0.4 is 0 Å². The highest BCUT2D eigenvalue weighted by Crippen LogP contribution is 1.98. The summed E-state index contributed by atoms with van der Waals surface area (Å²) in [6.45, 7) is 8.67. The summed E-state index contributed by atoms with van der Waals surface area (Å²) in [5, 5.41) is 9.34. The summed E-state index contributed by atoms with van der Waals surface area (Å²) in [6, 6.07) is 0. The molecule has 0 rings (SSSR count). The van der Waals surface area contributed by atoms with E-state index >= 15 is 0 Å². The van der Waals surface area contributed by atoms with Gasteiger partial charge in [0.2, 0.25) is 0 Å². The van der Waals surface area contributed by atoms with Crippen molar-refractivity contribution in [3.05, 3.63) is 12.2 Å². The van der Waals surface area contributed by atoms with E-state index in [1.54, 1.807) is 12.2 Å². The molecule has 0 fully saturated rings. The lowest BCUT2D eigenvalue weighted by atomic mass is 10.2. The zero-order chi connectivity index (χ0) is 10.3. The minimum absolute atomic E-state index is 0.319. The Labute approximate surface area is 82.9 Å². The van der Waals surface area contributed by atoms with E-state index in [4.69, 9.17) is 0 Å². The summed E-state index contributed by atoms with van der Waals surface area (Å²) in [7, 11) is -1.24. The monoisotopic (exact) mass is 196 g/mol. The number of aliphatic hydroxyl groups is 1. The maximum Gasteiger partial charge on any atom is 0.129 e. The molecule has 0 saturated carbocycles. The topological polar surface area (TPSA) is 20.2 Å². The summed E-state index contributed by atoms with van der Waals surface area (Å²) in [5.41, 5.74) is 3.21. The summed E-state index contributed by atoms with van der Waals surface area (Å²) in [5.74, 6) is 2.99. The average molecular weight is 196 g/mol. The summed E-state index contributed by atoms with van der Waals surface area (Å²) in [6.07, 6.45) is 5.06.